The van der Waals surface area contributed by atoms with Crippen molar-refractivity contribution < 1.29 is 52.9 Å². The molecule has 0 aromatic carbocycles. The van der Waals surface area contributed by atoms with Crippen LogP contribution in [0.5, 0.6) is 0 Å². The number of nitrogens with zero attached hydrogens (tertiary/aromatic N) is 2. The fraction of sp³-hybridized carbons (Fsp3) is 0.815. The van der Waals surface area contributed by atoms with E-state index in [1.165, 1.54) is 0 Å². The van der Waals surface area contributed by atoms with Crippen LogP contribution in [0.4, 0.5) is 0 Å². The second kappa shape index (κ2) is 27.7. The van der Waals surface area contributed by atoms with E-state index in [0.717, 1.165) is 77.7 Å². The zero-order chi connectivity index (χ0) is 30.7. The van der Waals surface area contributed by atoms with Crippen LogP contribution < -0.4 is 0 Å². The Balaban J connectivity index is -0.000000566. The maximum absolute atomic E-state index is 11.7. The number of carbonyl (C=O) groups is 3. The van der Waals surface area contributed by atoms with Gasteiger partial charge in [-0.1, -0.05) is 33.8 Å². The molecule has 0 aliphatic heterocycles. The molecule has 0 rings (SSSR count). The van der Waals surface area contributed by atoms with Crippen LogP contribution in [-0.2, 0) is 52.9 Å². The fourth-order valence-corrected chi connectivity index (χ4v) is 3.70. The van der Waals surface area contributed by atoms with Gasteiger partial charge in [-0.15, -0.1) is 6.58 Å². The second-order valence-electron chi connectivity index (χ2n) is 8.52. The van der Waals surface area contributed by atoms with E-state index in [-0.39, 0.29) is 30.2 Å². The van der Waals surface area contributed by atoms with E-state index < -0.39 is 14.8 Å². The normalized spacial score (nSPS) is 12.3. The van der Waals surface area contributed by atoms with E-state index in [1.807, 2.05) is 6.92 Å². The summed E-state index contributed by atoms with van der Waals surface area (Å²) in [6.45, 7) is 23.0. The van der Waals surface area contributed by atoms with E-state index in [0.29, 0.717) is 13.2 Å². The number of aldehydes is 1. The molecule has 0 radical (unpaired) electrons. The van der Waals surface area contributed by atoms with Gasteiger partial charge in [0.15, 0.2) is 0 Å². The van der Waals surface area contributed by atoms with Crippen LogP contribution in [-0.4, -0.2) is 80.5 Å². The fourth-order valence-electron chi connectivity index (χ4n) is 3.70. The Kier molecular flexibility index (Phi) is 29.5. The molecule has 0 unspecified atom stereocenters. The first-order chi connectivity index (χ1) is 18.4. The van der Waals surface area contributed by atoms with E-state index in [9.17, 15) is 14.4 Å². The van der Waals surface area contributed by atoms with Gasteiger partial charge in [-0.25, -0.2) is 0 Å². The molecule has 11 nitrogen and oxygen atoms in total. The van der Waals surface area contributed by atoms with Crippen molar-refractivity contribution >= 4 is 18.2 Å². The predicted molar refractivity (Wildman–Crippen MR) is 143 cm³/mol. The molecule has 0 heterocycles. The molecule has 232 valence electrons. The number of esters is 2. The second-order valence-corrected chi connectivity index (χ2v) is 11.1. The molecular formula is C27H52N2O9Os. The minimum atomic E-state index is -6.06. The summed E-state index contributed by atoms with van der Waals surface area (Å²) in [7, 11) is 0. The molecule has 0 saturated carbocycles. The molecule has 2 atom stereocenters. The van der Waals surface area contributed by atoms with Gasteiger partial charge >= 0.3 is 40.9 Å². The van der Waals surface area contributed by atoms with E-state index in [1.54, 1.807) is 13.0 Å². The molecule has 0 bridgehead atoms. The zero-order valence-corrected chi connectivity index (χ0v) is 27.4. The number of allylic oxidation sites excluding steroid dienone is 1. The van der Waals surface area contributed by atoms with Crippen LogP contribution in [0.1, 0.15) is 80.1 Å². The molecule has 0 aliphatic rings. The van der Waals surface area contributed by atoms with Gasteiger partial charge in [0.1, 0.15) is 6.29 Å². The van der Waals surface area contributed by atoms with Crippen molar-refractivity contribution in [3.05, 3.63) is 12.7 Å². The first-order valence-electron chi connectivity index (χ1n) is 13.8. The zero-order valence-electron chi connectivity index (χ0n) is 24.8. The molecule has 0 saturated heterocycles. The summed E-state index contributed by atoms with van der Waals surface area (Å²) in [6.07, 6.45) is 7.19. The molecule has 39 heavy (non-hydrogen) atoms. The summed E-state index contributed by atoms with van der Waals surface area (Å²) in [4.78, 5) is 38.4. The average molecular weight is 739 g/mol. The van der Waals surface area contributed by atoms with Gasteiger partial charge in [0, 0.05) is 6.42 Å². The molecule has 0 amide bonds. The van der Waals surface area contributed by atoms with Crippen molar-refractivity contribution in [1.82, 2.24) is 9.80 Å². The summed E-state index contributed by atoms with van der Waals surface area (Å²) < 4.78 is 44.5. The molecule has 0 fully saturated rings. The molecule has 0 aromatic heterocycles. The van der Waals surface area contributed by atoms with Crippen molar-refractivity contribution in [3.8, 4) is 0 Å². The van der Waals surface area contributed by atoms with Crippen LogP contribution in [0.25, 0.3) is 0 Å². The van der Waals surface area contributed by atoms with E-state index in [2.05, 4.69) is 44.1 Å². The number of rotatable bonds is 20. The summed E-state index contributed by atoms with van der Waals surface area (Å²) in [5.41, 5.74) is 0. The van der Waals surface area contributed by atoms with Crippen molar-refractivity contribution in [2.75, 3.05) is 52.5 Å². The van der Waals surface area contributed by atoms with Crippen LogP contribution in [0.15, 0.2) is 12.7 Å². The standard InChI is InChI=1S/C14H27NO2.C13H25NO3.4O.Os/c1-5-10-13(14(16)17-8-4)11-9-12-15(6-2)7-3;1-4-14(5-2)10-7-8-12(9-11-15)13(16)17-6-3;;;;;/h5,13H,1,6-12H2,2-4H3;11-12H,4-10H2,1-3H3;;;;;/t13-;12-;;;;;/m01...../s1. The summed E-state index contributed by atoms with van der Waals surface area (Å²) in [6, 6.07) is 0. The van der Waals surface area contributed by atoms with Gasteiger partial charge in [-0.05, 0) is 85.2 Å². The van der Waals surface area contributed by atoms with Crippen LogP contribution in [0, 0.1) is 11.8 Å². The molecule has 12 heteroatoms. The third kappa shape index (κ3) is 28.9. The average Bonchev–Trinajstić information content (AvgIpc) is 2.87. The monoisotopic (exact) mass is 740 g/mol. The number of ether oxygens (including phenoxy) is 2. The van der Waals surface area contributed by atoms with Gasteiger partial charge in [-0.2, -0.15) is 0 Å². The molecule has 0 spiro atoms. The van der Waals surface area contributed by atoms with Crippen molar-refractivity contribution in [2.45, 2.75) is 80.1 Å². The van der Waals surface area contributed by atoms with Crippen LogP contribution in [0.2, 0.25) is 0 Å². The van der Waals surface area contributed by atoms with Crippen molar-refractivity contribution in [3.63, 3.8) is 0 Å². The molecule has 0 aliphatic carbocycles. The summed E-state index contributed by atoms with van der Waals surface area (Å²) in [5.74, 6) is -0.586. The first-order valence-corrected chi connectivity index (χ1v) is 17.9. The van der Waals surface area contributed by atoms with Crippen molar-refractivity contribution in [2.24, 2.45) is 11.8 Å². The van der Waals surface area contributed by atoms with Gasteiger partial charge in [0.25, 0.3) is 0 Å². The SMILES string of the molecule is C=CC[C@@H](CCCN(CC)CC)C(=O)OCC.CCOC(=O)[C@@H](CC=O)CCCN(CC)CC.[O]=[Os](=[O])(=[O])=[O]. The Morgan fingerprint density at radius 1 is 0.718 bits per heavy atom. The van der Waals surface area contributed by atoms with E-state index >= 15 is 0 Å². The number of hydrogen-bond acceptors (Lipinski definition) is 11. The molecular weight excluding hydrogens is 687 g/mol. The third-order valence-electron chi connectivity index (χ3n) is 5.91. The summed E-state index contributed by atoms with van der Waals surface area (Å²) >= 11 is -6.06. The van der Waals surface area contributed by atoms with Crippen LogP contribution in [0.3, 0.4) is 0 Å². The third-order valence-corrected chi connectivity index (χ3v) is 5.91. The number of carbonyl (C=O) groups excluding carboxylic acids is 3. The van der Waals surface area contributed by atoms with Crippen LogP contribution >= 0.6 is 0 Å². The molecule has 0 aromatic rings. The Morgan fingerprint density at radius 3 is 1.31 bits per heavy atom. The Morgan fingerprint density at radius 2 is 1.05 bits per heavy atom. The first kappa shape index (κ1) is 41.6. The van der Waals surface area contributed by atoms with E-state index in [4.69, 9.17) is 23.6 Å². The number of hydrogen-bond donors (Lipinski definition) is 0. The molecule has 0 N–H and O–H groups in total. The predicted octanol–water partition coefficient (Wildman–Crippen LogP) is 4.26. The Bertz CT molecular complexity index is 782. The maximum atomic E-state index is 11.7. The van der Waals surface area contributed by atoms with Crippen molar-refractivity contribution in [1.29, 1.82) is 0 Å². The van der Waals surface area contributed by atoms with Gasteiger partial charge in [0.05, 0.1) is 25.0 Å². The quantitative estimate of drug-likeness (QED) is 0.100. The minimum absolute atomic E-state index is 0.0111. The van der Waals surface area contributed by atoms with Gasteiger partial charge in [-0.3, -0.25) is 9.59 Å². The Labute approximate surface area is 237 Å². The van der Waals surface area contributed by atoms with Gasteiger partial charge in [0.2, 0.25) is 0 Å². The summed E-state index contributed by atoms with van der Waals surface area (Å²) in [5, 5.41) is 0. The topological polar surface area (TPSA) is 144 Å². The van der Waals surface area contributed by atoms with Gasteiger partial charge < -0.3 is 24.1 Å². The Hall–Kier alpha value is -1.89.